The maximum absolute atomic E-state index is 13.0. The molecule has 0 radical (unpaired) electrons. The van der Waals surface area contributed by atoms with Crippen molar-refractivity contribution in [1.82, 2.24) is 14.4 Å². The monoisotopic (exact) mass is 391 g/mol. The van der Waals surface area contributed by atoms with Gasteiger partial charge in [-0.2, -0.15) is 0 Å². The summed E-state index contributed by atoms with van der Waals surface area (Å²) in [5.74, 6) is -0.388. The van der Waals surface area contributed by atoms with Crippen molar-refractivity contribution in [2.75, 3.05) is 0 Å². The van der Waals surface area contributed by atoms with Crippen LogP contribution in [-0.2, 0) is 24.2 Å². The molecular formula is C21H17N3O3S. The molecular weight excluding hydrogens is 374 g/mol. The number of carbonyl (C=O) groups excluding carboxylic acids is 1. The number of para-hydroxylation sites is 1. The van der Waals surface area contributed by atoms with Crippen molar-refractivity contribution < 1.29 is 9.53 Å². The molecule has 140 valence electrons. The van der Waals surface area contributed by atoms with E-state index in [1.165, 1.54) is 17.4 Å². The quantitative estimate of drug-likeness (QED) is 0.500. The molecule has 0 N–H and O–H groups in total. The molecule has 0 amide bonds. The molecule has 28 heavy (non-hydrogen) atoms. The lowest BCUT2D eigenvalue weighted by Crippen LogP contribution is -2.17. The largest absolute Gasteiger partial charge is 0.456 e. The van der Waals surface area contributed by atoms with Crippen LogP contribution in [0.4, 0.5) is 0 Å². The zero-order chi connectivity index (χ0) is 19.3. The molecule has 3 heterocycles. The molecule has 0 saturated heterocycles. The minimum absolute atomic E-state index is 0.0348. The molecule has 0 spiro atoms. The van der Waals surface area contributed by atoms with E-state index in [1.54, 1.807) is 4.40 Å². The number of fused-ring (bicyclic) bond motifs is 3. The summed E-state index contributed by atoms with van der Waals surface area (Å²) in [6, 6.07) is 9.07. The normalized spacial score (nSPS) is 13.2. The van der Waals surface area contributed by atoms with E-state index in [0.717, 1.165) is 47.1 Å². The smallest absolute Gasteiger partial charge is 0.339 e. The number of aryl methyl sites for hydroxylation is 2. The van der Waals surface area contributed by atoms with Crippen LogP contribution >= 0.6 is 11.3 Å². The molecule has 7 heteroatoms. The molecule has 1 aliphatic rings. The zero-order valence-electron chi connectivity index (χ0n) is 15.3. The number of rotatable bonds is 3. The number of hydrogen-bond donors (Lipinski definition) is 0. The highest BCUT2D eigenvalue weighted by Gasteiger charge is 2.24. The number of ether oxygens (including phenoxy) is 1. The van der Waals surface area contributed by atoms with Gasteiger partial charge in [-0.05, 0) is 37.8 Å². The predicted octanol–water partition coefficient (Wildman–Crippen LogP) is 3.46. The van der Waals surface area contributed by atoms with E-state index in [-0.39, 0.29) is 18.1 Å². The number of thiazole rings is 1. The van der Waals surface area contributed by atoms with Gasteiger partial charge in [0.25, 0.3) is 5.56 Å². The Kier molecular flexibility index (Phi) is 3.98. The predicted molar refractivity (Wildman–Crippen MR) is 107 cm³/mol. The van der Waals surface area contributed by atoms with Crippen molar-refractivity contribution in [2.45, 2.75) is 32.8 Å². The number of nitrogens with zero attached hydrogens (tertiary/aromatic N) is 3. The molecule has 1 aliphatic carbocycles. The van der Waals surface area contributed by atoms with Gasteiger partial charge in [-0.25, -0.2) is 9.78 Å². The summed E-state index contributed by atoms with van der Waals surface area (Å²) in [5, 5.41) is 2.69. The topological polar surface area (TPSA) is 73.6 Å². The Labute approximate surface area is 164 Å². The van der Waals surface area contributed by atoms with E-state index >= 15 is 0 Å². The van der Waals surface area contributed by atoms with E-state index in [9.17, 15) is 9.59 Å². The summed E-state index contributed by atoms with van der Waals surface area (Å²) in [6.07, 6.45) is 2.70. The maximum Gasteiger partial charge on any atom is 0.339 e. The molecule has 0 bridgehead atoms. The van der Waals surface area contributed by atoms with Gasteiger partial charge >= 0.3 is 5.97 Å². The van der Waals surface area contributed by atoms with E-state index in [2.05, 4.69) is 4.98 Å². The van der Waals surface area contributed by atoms with Crippen LogP contribution in [0.15, 0.2) is 40.5 Å². The molecule has 0 atom stereocenters. The van der Waals surface area contributed by atoms with Crippen LogP contribution in [0.5, 0.6) is 0 Å². The minimum Gasteiger partial charge on any atom is -0.456 e. The van der Waals surface area contributed by atoms with E-state index in [0.29, 0.717) is 16.2 Å². The Morgan fingerprint density at radius 3 is 3.00 bits per heavy atom. The lowest BCUT2D eigenvalue weighted by molar-refractivity contribution is 0.0469. The maximum atomic E-state index is 13.0. The van der Waals surface area contributed by atoms with E-state index in [4.69, 9.17) is 9.72 Å². The summed E-state index contributed by atoms with van der Waals surface area (Å²) in [6.45, 7) is 1.83. The molecule has 1 aromatic carbocycles. The van der Waals surface area contributed by atoms with Crippen LogP contribution in [0.2, 0.25) is 0 Å². The highest BCUT2D eigenvalue weighted by Crippen LogP contribution is 2.30. The van der Waals surface area contributed by atoms with Crippen molar-refractivity contribution in [3.8, 4) is 0 Å². The van der Waals surface area contributed by atoms with Gasteiger partial charge in [0.1, 0.15) is 6.61 Å². The fourth-order valence-corrected chi connectivity index (χ4v) is 4.72. The molecule has 0 unspecified atom stereocenters. The molecule has 6 nitrogen and oxygen atoms in total. The molecule has 3 aromatic heterocycles. The summed E-state index contributed by atoms with van der Waals surface area (Å²) >= 11 is 1.39. The van der Waals surface area contributed by atoms with Gasteiger partial charge in [0.15, 0.2) is 4.96 Å². The van der Waals surface area contributed by atoms with Gasteiger partial charge in [0, 0.05) is 28.2 Å². The number of pyridine rings is 1. The molecule has 0 aliphatic heterocycles. The third-order valence-electron chi connectivity index (χ3n) is 5.10. The number of esters is 1. The Bertz CT molecular complexity index is 1310. The number of carbonyl (C=O) groups is 1. The Hall–Kier alpha value is -3.06. The minimum atomic E-state index is -0.388. The highest BCUT2D eigenvalue weighted by atomic mass is 32.1. The van der Waals surface area contributed by atoms with E-state index in [1.807, 2.05) is 36.6 Å². The lowest BCUT2D eigenvalue weighted by Gasteiger charge is -2.12. The Morgan fingerprint density at radius 2 is 2.11 bits per heavy atom. The van der Waals surface area contributed by atoms with Crippen molar-refractivity contribution in [2.24, 2.45) is 0 Å². The third kappa shape index (κ3) is 2.70. The molecule has 0 saturated carbocycles. The lowest BCUT2D eigenvalue weighted by atomic mass is 10.0. The first kappa shape index (κ1) is 17.1. The van der Waals surface area contributed by atoms with Crippen LogP contribution in [0.25, 0.3) is 15.9 Å². The van der Waals surface area contributed by atoms with Crippen molar-refractivity contribution in [3.63, 3.8) is 0 Å². The zero-order valence-corrected chi connectivity index (χ0v) is 16.1. The molecule has 4 aromatic rings. The van der Waals surface area contributed by atoms with Crippen molar-refractivity contribution >= 4 is 33.2 Å². The van der Waals surface area contributed by atoms with Gasteiger partial charge < -0.3 is 4.74 Å². The number of aromatic nitrogens is 3. The standard InChI is InChI=1S/C21H17N3O3S/c1-12-11-28-21-22-13(9-18(25)24(12)21)10-27-20(26)19-14-5-2-3-7-16(14)23-17-8-4-6-15(17)19/h2-3,5,7,9,11H,4,6,8,10H2,1H3. The average molecular weight is 391 g/mol. The SMILES string of the molecule is Cc1csc2nc(COC(=O)c3c4c(nc5ccccc35)CCC4)cc(=O)n12. The average Bonchev–Trinajstić information content (AvgIpc) is 3.30. The summed E-state index contributed by atoms with van der Waals surface area (Å²) in [7, 11) is 0. The highest BCUT2D eigenvalue weighted by molar-refractivity contribution is 7.15. The first-order valence-electron chi connectivity index (χ1n) is 9.16. The summed E-state index contributed by atoms with van der Waals surface area (Å²) in [4.78, 5) is 35.0. The van der Waals surface area contributed by atoms with Gasteiger partial charge in [0.05, 0.1) is 16.8 Å². The van der Waals surface area contributed by atoms with E-state index < -0.39 is 0 Å². The second-order valence-electron chi connectivity index (χ2n) is 6.94. The number of hydrogen-bond acceptors (Lipinski definition) is 6. The molecule has 0 fully saturated rings. The fraction of sp³-hybridized carbons (Fsp3) is 0.238. The third-order valence-corrected chi connectivity index (χ3v) is 6.05. The Balaban J connectivity index is 1.49. The molecule has 5 rings (SSSR count). The summed E-state index contributed by atoms with van der Waals surface area (Å²) < 4.78 is 7.14. The van der Waals surface area contributed by atoms with Crippen molar-refractivity contribution in [1.29, 1.82) is 0 Å². The Morgan fingerprint density at radius 1 is 1.25 bits per heavy atom. The fourth-order valence-electron chi connectivity index (χ4n) is 3.83. The second-order valence-corrected chi connectivity index (χ2v) is 7.78. The van der Waals surface area contributed by atoms with Gasteiger partial charge in [-0.15, -0.1) is 11.3 Å². The second kappa shape index (κ2) is 6.53. The van der Waals surface area contributed by atoms with Gasteiger partial charge in [0.2, 0.25) is 0 Å². The van der Waals surface area contributed by atoms with Crippen LogP contribution in [-0.4, -0.2) is 20.3 Å². The van der Waals surface area contributed by atoms with Crippen LogP contribution in [0.1, 0.15) is 39.4 Å². The van der Waals surface area contributed by atoms with Crippen LogP contribution in [0, 0.1) is 6.92 Å². The number of benzene rings is 1. The van der Waals surface area contributed by atoms with Gasteiger partial charge in [-0.1, -0.05) is 18.2 Å². The summed E-state index contributed by atoms with van der Waals surface area (Å²) in [5.41, 5.74) is 4.52. The first-order chi connectivity index (χ1) is 13.6. The van der Waals surface area contributed by atoms with Gasteiger partial charge in [-0.3, -0.25) is 14.2 Å². The van der Waals surface area contributed by atoms with Crippen LogP contribution in [0.3, 0.4) is 0 Å². The van der Waals surface area contributed by atoms with Crippen molar-refractivity contribution in [3.05, 3.63) is 74.3 Å². The first-order valence-corrected chi connectivity index (χ1v) is 10.0. The van der Waals surface area contributed by atoms with Crippen LogP contribution < -0.4 is 5.56 Å².